The Labute approximate surface area is 143 Å². The van der Waals surface area contributed by atoms with E-state index < -0.39 is 0 Å². The molecule has 3 rings (SSSR count). The van der Waals surface area contributed by atoms with Crippen LogP contribution in [0, 0.1) is 6.92 Å². The zero-order chi connectivity index (χ0) is 16.9. The number of hydrogen-bond acceptors (Lipinski definition) is 5. The summed E-state index contributed by atoms with van der Waals surface area (Å²) in [7, 11) is 2.15. The molecule has 0 atom stereocenters. The molecule has 0 spiro atoms. The summed E-state index contributed by atoms with van der Waals surface area (Å²) in [5.41, 5.74) is 1.90. The van der Waals surface area contributed by atoms with Crippen LogP contribution >= 0.6 is 0 Å². The summed E-state index contributed by atoms with van der Waals surface area (Å²) in [6, 6.07) is 8.43. The zero-order valence-electron chi connectivity index (χ0n) is 14.7. The lowest BCUT2D eigenvalue weighted by Gasteiger charge is -2.30. The Morgan fingerprint density at radius 3 is 2.75 bits per heavy atom. The van der Waals surface area contributed by atoms with E-state index in [-0.39, 0.29) is 0 Å². The summed E-state index contributed by atoms with van der Waals surface area (Å²) in [5.74, 6) is 2.31. The summed E-state index contributed by atoms with van der Waals surface area (Å²) in [6.07, 6.45) is 2.15. The minimum Gasteiger partial charge on any atom is -0.493 e. The van der Waals surface area contributed by atoms with Gasteiger partial charge in [-0.2, -0.15) is 0 Å². The van der Waals surface area contributed by atoms with E-state index in [0.717, 1.165) is 55.4 Å². The van der Waals surface area contributed by atoms with Gasteiger partial charge < -0.3 is 13.9 Å². The minimum absolute atomic E-state index is 0.550. The molecule has 0 unspecified atom stereocenters. The van der Waals surface area contributed by atoms with Gasteiger partial charge in [0, 0.05) is 25.8 Å². The molecule has 1 fully saturated rings. The van der Waals surface area contributed by atoms with Crippen LogP contribution in [0.25, 0.3) is 11.5 Å². The first-order chi connectivity index (χ1) is 11.7. The van der Waals surface area contributed by atoms with E-state index in [1.807, 2.05) is 38.1 Å². The molecule has 0 bridgehead atoms. The predicted molar refractivity (Wildman–Crippen MR) is 93.2 cm³/mol. The molecule has 24 heavy (non-hydrogen) atoms. The number of nitrogens with zero attached hydrogens (tertiary/aromatic N) is 2. The van der Waals surface area contributed by atoms with Crippen molar-refractivity contribution < 1.29 is 13.9 Å². The smallest absolute Gasteiger partial charge is 0.230 e. The molecule has 1 aromatic carbocycles. The van der Waals surface area contributed by atoms with Crippen LogP contribution in [0.2, 0.25) is 0 Å². The van der Waals surface area contributed by atoms with Crippen molar-refractivity contribution in [1.82, 2.24) is 9.88 Å². The second-order valence-electron chi connectivity index (χ2n) is 6.21. The van der Waals surface area contributed by atoms with E-state index >= 15 is 0 Å². The van der Waals surface area contributed by atoms with E-state index in [1.54, 1.807) is 0 Å². The lowest BCUT2D eigenvalue weighted by atomic mass is 10.1. The first-order valence-electron chi connectivity index (χ1n) is 8.65. The normalized spacial score (nSPS) is 15.8. The first kappa shape index (κ1) is 17.0. The summed E-state index contributed by atoms with van der Waals surface area (Å²) in [6.45, 7) is 7.06. The second-order valence-corrected chi connectivity index (χ2v) is 6.21. The van der Waals surface area contributed by atoms with Gasteiger partial charge in [-0.05, 0) is 45.9 Å². The number of aryl methyl sites for hydroxylation is 1. The third-order valence-corrected chi connectivity index (χ3v) is 4.52. The molecule has 1 aliphatic rings. The molecule has 0 aliphatic carbocycles. The fourth-order valence-electron chi connectivity index (χ4n) is 3.11. The molecule has 1 aliphatic heterocycles. The van der Waals surface area contributed by atoms with Crippen LogP contribution in [0.1, 0.15) is 31.2 Å². The Morgan fingerprint density at radius 1 is 1.25 bits per heavy atom. The molecule has 2 aromatic rings. The Kier molecular flexibility index (Phi) is 5.53. The van der Waals surface area contributed by atoms with Crippen LogP contribution < -0.4 is 4.74 Å². The zero-order valence-corrected chi connectivity index (χ0v) is 14.7. The van der Waals surface area contributed by atoms with Crippen LogP contribution in [0.15, 0.2) is 28.7 Å². The number of rotatable bonds is 6. The standard InChI is InChI=1S/C19H26N2O3/c1-4-23-18-8-6-5-7-16(18)19-20-17(14(2)24-19)13-21(3)15-9-11-22-12-10-15/h5-8,15H,4,9-13H2,1-3H3. The molecule has 5 nitrogen and oxygen atoms in total. The van der Waals surface area contributed by atoms with Crippen molar-refractivity contribution in [3.05, 3.63) is 35.7 Å². The van der Waals surface area contributed by atoms with Gasteiger partial charge in [-0.25, -0.2) is 4.98 Å². The molecule has 0 radical (unpaired) electrons. The Morgan fingerprint density at radius 2 is 2.00 bits per heavy atom. The molecular weight excluding hydrogens is 304 g/mol. The fourth-order valence-corrected chi connectivity index (χ4v) is 3.11. The lowest BCUT2D eigenvalue weighted by molar-refractivity contribution is 0.0402. The molecular formula is C19H26N2O3. The molecule has 5 heteroatoms. The summed E-state index contributed by atoms with van der Waals surface area (Å²) < 4.78 is 17.1. The molecule has 130 valence electrons. The van der Waals surface area contributed by atoms with Crippen LogP contribution in [0.5, 0.6) is 5.75 Å². The van der Waals surface area contributed by atoms with E-state index in [1.165, 1.54) is 0 Å². The van der Waals surface area contributed by atoms with Gasteiger partial charge in [-0.15, -0.1) is 0 Å². The van der Waals surface area contributed by atoms with E-state index in [2.05, 4.69) is 11.9 Å². The maximum atomic E-state index is 5.93. The highest BCUT2D eigenvalue weighted by atomic mass is 16.5. The predicted octanol–water partition coefficient (Wildman–Crippen LogP) is 3.66. The number of benzene rings is 1. The van der Waals surface area contributed by atoms with Crippen molar-refractivity contribution in [3.63, 3.8) is 0 Å². The van der Waals surface area contributed by atoms with Crippen LogP contribution in [0.4, 0.5) is 0 Å². The maximum Gasteiger partial charge on any atom is 0.230 e. The third-order valence-electron chi connectivity index (χ3n) is 4.52. The van der Waals surface area contributed by atoms with Gasteiger partial charge in [0.25, 0.3) is 0 Å². The van der Waals surface area contributed by atoms with Crippen molar-refractivity contribution in [2.24, 2.45) is 0 Å². The first-order valence-corrected chi connectivity index (χ1v) is 8.65. The average molecular weight is 330 g/mol. The van der Waals surface area contributed by atoms with Gasteiger partial charge in [0.05, 0.1) is 17.9 Å². The van der Waals surface area contributed by atoms with E-state index in [9.17, 15) is 0 Å². The van der Waals surface area contributed by atoms with Gasteiger partial charge in [0.15, 0.2) is 0 Å². The SMILES string of the molecule is CCOc1ccccc1-c1nc(CN(C)C2CCOCC2)c(C)o1. The summed E-state index contributed by atoms with van der Waals surface area (Å²) in [4.78, 5) is 7.09. The summed E-state index contributed by atoms with van der Waals surface area (Å²) in [5, 5.41) is 0. The van der Waals surface area contributed by atoms with Gasteiger partial charge in [-0.1, -0.05) is 12.1 Å². The molecule has 1 aromatic heterocycles. The quantitative estimate of drug-likeness (QED) is 0.809. The number of oxazole rings is 1. The van der Waals surface area contributed by atoms with E-state index in [4.69, 9.17) is 18.9 Å². The van der Waals surface area contributed by atoms with Crippen molar-refractivity contribution in [1.29, 1.82) is 0 Å². The highest BCUT2D eigenvalue weighted by molar-refractivity contribution is 5.63. The van der Waals surface area contributed by atoms with Gasteiger partial charge in [0.2, 0.25) is 5.89 Å². The molecule has 0 N–H and O–H groups in total. The minimum atomic E-state index is 0.550. The van der Waals surface area contributed by atoms with Crippen molar-refractivity contribution in [2.45, 2.75) is 39.3 Å². The number of ether oxygens (including phenoxy) is 2. The second kappa shape index (κ2) is 7.81. The number of para-hydroxylation sites is 1. The van der Waals surface area contributed by atoms with E-state index in [0.29, 0.717) is 18.5 Å². The molecule has 1 saturated heterocycles. The van der Waals surface area contributed by atoms with Crippen molar-refractivity contribution >= 4 is 0 Å². The fraction of sp³-hybridized carbons (Fsp3) is 0.526. The van der Waals surface area contributed by atoms with Gasteiger partial charge >= 0.3 is 0 Å². The largest absolute Gasteiger partial charge is 0.493 e. The molecule has 2 heterocycles. The van der Waals surface area contributed by atoms with Crippen LogP contribution in [-0.2, 0) is 11.3 Å². The number of hydrogen-bond donors (Lipinski definition) is 0. The highest BCUT2D eigenvalue weighted by Crippen LogP contribution is 2.31. The van der Waals surface area contributed by atoms with Crippen molar-refractivity contribution in [2.75, 3.05) is 26.9 Å². The molecule has 0 saturated carbocycles. The monoisotopic (exact) mass is 330 g/mol. The lowest BCUT2D eigenvalue weighted by Crippen LogP contribution is -2.36. The van der Waals surface area contributed by atoms with Gasteiger partial charge in [-0.3, -0.25) is 4.90 Å². The van der Waals surface area contributed by atoms with Crippen LogP contribution in [0.3, 0.4) is 0 Å². The maximum absolute atomic E-state index is 5.93. The summed E-state index contributed by atoms with van der Waals surface area (Å²) >= 11 is 0. The number of aromatic nitrogens is 1. The average Bonchev–Trinajstić information content (AvgIpc) is 2.97. The Hall–Kier alpha value is -1.85. The highest BCUT2D eigenvalue weighted by Gasteiger charge is 2.21. The molecule has 0 amide bonds. The van der Waals surface area contributed by atoms with Crippen LogP contribution in [-0.4, -0.2) is 42.8 Å². The Bertz CT molecular complexity index is 662. The van der Waals surface area contributed by atoms with Crippen molar-refractivity contribution in [3.8, 4) is 17.2 Å². The Balaban J connectivity index is 1.78. The van der Waals surface area contributed by atoms with Gasteiger partial charge in [0.1, 0.15) is 11.5 Å². The third kappa shape index (κ3) is 3.79. The topological polar surface area (TPSA) is 47.7 Å².